The molecule has 0 saturated heterocycles. The lowest BCUT2D eigenvalue weighted by molar-refractivity contribution is -0.140. The van der Waals surface area contributed by atoms with E-state index < -0.39 is 5.97 Å². The molecule has 0 spiro atoms. The number of rotatable bonds is 5. The molecule has 0 fully saturated rings. The van der Waals surface area contributed by atoms with E-state index in [-0.39, 0.29) is 18.1 Å². The zero-order chi connectivity index (χ0) is 14.6. The van der Waals surface area contributed by atoms with E-state index >= 15 is 0 Å². The molecular formula is C15H22BrNO2. The van der Waals surface area contributed by atoms with Gasteiger partial charge >= 0.3 is 5.97 Å². The van der Waals surface area contributed by atoms with Gasteiger partial charge in [-0.15, -0.1) is 0 Å². The van der Waals surface area contributed by atoms with Crippen molar-refractivity contribution in [2.75, 3.05) is 6.54 Å². The summed E-state index contributed by atoms with van der Waals surface area (Å²) >= 11 is 3.43. The zero-order valence-electron chi connectivity index (χ0n) is 12.0. The monoisotopic (exact) mass is 327 g/mol. The molecule has 1 aromatic carbocycles. The van der Waals surface area contributed by atoms with Crippen molar-refractivity contribution in [3.63, 3.8) is 0 Å². The summed E-state index contributed by atoms with van der Waals surface area (Å²) in [5.74, 6) is -0.787. The maximum Gasteiger partial charge on any atom is 0.317 e. The Hall–Kier alpha value is -0.870. The summed E-state index contributed by atoms with van der Waals surface area (Å²) in [4.78, 5) is 13.2. The molecule has 0 radical (unpaired) electrons. The second-order valence-electron chi connectivity index (χ2n) is 5.67. The van der Waals surface area contributed by atoms with Crippen LogP contribution >= 0.6 is 15.9 Å². The van der Waals surface area contributed by atoms with Crippen LogP contribution < -0.4 is 0 Å². The average molecular weight is 328 g/mol. The lowest BCUT2D eigenvalue weighted by Crippen LogP contribution is -2.46. The lowest BCUT2D eigenvalue weighted by atomic mass is 9.96. The summed E-state index contributed by atoms with van der Waals surface area (Å²) in [7, 11) is 0. The minimum absolute atomic E-state index is 0.0536. The van der Waals surface area contributed by atoms with Crippen molar-refractivity contribution in [2.24, 2.45) is 0 Å². The Morgan fingerprint density at radius 2 is 1.84 bits per heavy atom. The van der Waals surface area contributed by atoms with Crippen LogP contribution in [0.4, 0.5) is 0 Å². The second-order valence-corrected chi connectivity index (χ2v) is 6.58. The van der Waals surface area contributed by atoms with E-state index in [9.17, 15) is 4.79 Å². The van der Waals surface area contributed by atoms with Gasteiger partial charge in [0.2, 0.25) is 0 Å². The molecule has 0 saturated carbocycles. The van der Waals surface area contributed by atoms with E-state index in [2.05, 4.69) is 55.8 Å². The fourth-order valence-corrected chi connectivity index (χ4v) is 2.55. The summed E-state index contributed by atoms with van der Waals surface area (Å²) in [6.07, 6.45) is 0.881. The van der Waals surface area contributed by atoms with Crippen LogP contribution in [-0.4, -0.2) is 28.1 Å². The number of carbonyl (C=O) groups is 1. The highest BCUT2D eigenvalue weighted by molar-refractivity contribution is 9.10. The Balaban J connectivity index is 3.09. The van der Waals surface area contributed by atoms with Crippen molar-refractivity contribution in [3.8, 4) is 0 Å². The van der Waals surface area contributed by atoms with Gasteiger partial charge in [0.05, 0.1) is 6.54 Å². The van der Waals surface area contributed by atoms with Crippen LogP contribution in [0.1, 0.15) is 45.7 Å². The van der Waals surface area contributed by atoms with Gasteiger partial charge in [0.1, 0.15) is 0 Å². The summed E-state index contributed by atoms with van der Waals surface area (Å²) in [6, 6.07) is 8.22. The molecule has 3 nitrogen and oxygen atoms in total. The smallest absolute Gasteiger partial charge is 0.317 e. The lowest BCUT2D eigenvalue weighted by Gasteiger charge is -2.40. The van der Waals surface area contributed by atoms with Crippen molar-refractivity contribution in [3.05, 3.63) is 34.3 Å². The molecule has 0 bridgehead atoms. The standard InChI is InChI=1S/C15H22BrNO2/c1-5-13(11-6-8-12(16)9-7-11)17(10-14(18)19)15(2,3)4/h6-9,13H,5,10H2,1-4H3,(H,18,19). The molecule has 0 aliphatic carbocycles. The van der Waals surface area contributed by atoms with Crippen LogP contribution in [0.25, 0.3) is 0 Å². The molecule has 0 aliphatic rings. The highest BCUT2D eigenvalue weighted by Gasteiger charge is 2.30. The maximum atomic E-state index is 11.1. The predicted molar refractivity (Wildman–Crippen MR) is 81.3 cm³/mol. The van der Waals surface area contributed by atoms with E-state index in [1.165, 1.54) is 0 Å². The van der Waals surface area contributed by atoms with Crippen LogP contribution in [0.3, 0.4) is 0 Å². The van der Waals surface area contributed by atoms with E-state index in [1.54, 1.807) is 0 Å². The number of carboxylic acid groups (broad SMARTS) is 1. The topological polar surface area (TPSA) is 40.5 Å². The third-order valence-electron chi connectivity index (χ3n) is 3.18. The first-order chi connectivity index (χ1) is 8.75. The van der Waals surface area contributed by atoms with Gasteiger partial charge in [0.25, 0.3) is 0 Å². The number of carboxylic acids is 1. The molecule has 19 heavy (non-hydrogen) atoms. The average Bonchev–Trinajstić information content (AvgIpc) is 2.29. The van der Waals surface area contributed by atoms with Crippen LogP contribution in [0.2, 0.25) is 0 Å². The molecule has 0 heterocycles. The van der Waals surface area contributed by atoms with Crippen LogP contribution in [-0.2, 0) is 4.79 Å². The number of halogens is 1. The van der Waals surface area contributed by atoms with Crippen molar-refractivity contribution in [1.29, 1.82) is 0 Å². The van der Waals surface area contributed by atoms with Gasteiger partial charge in [-0.05, 0) is 44.9 Å². The minimum Gasteiger partial charge on any atom is -0.480 e. The Morgan fingerprint density at radius 1 is 1.32 bits per heavy atom. The van der Waals surface area contributed by atoms with E-state index in [0.29, 0.717) is 0 Å². The summed E-state index contributed by atoms with van der Waals surface area (Å²) in [5.41, 5.74) is 0.966. The number of aliphatic carboxylic acids is 1. The Bertz CT molecular complexity index is 423. The van der Waals surface area contributed by atoms with Gasteiger partial charge in [0.15, 0.2) is 0 Å². The number of nitrogens with zero attached hydrogens (tertiary/aromatic N) is 1. The second kappa shape index (κ2) is 6.53. The van der Waals surface area contributed by atoms with Crippen LogP contribution in [0.5, 0.6) is 0 Å². The van der Waals surface area contributed by atoms with Gasteiger partial charge < -0.3 is 5.11 Å². The SMILES string of the molecule is CCC(c1ccc(Br)cc1)N(CC(=O)O)C(C)(C)C. The summed E-state index contributed by atoms with van der Waals surface area (Å²) in [6.45, 7) is 8.30. The minimum atomic E-state index is -0.787. The van der Waals surface area contributed by atoms with Crippen molar-refractivity contribution < 1.29 is 9.90 Å². The Labute approximate surface area is 123 Å². The van der Waals surface area contributed by atoms with Crippen molar-refractivity contribution in [1.82, 2.24) is 4.90 Å². The largest absolute Gasteiger partial charge is 0.480 e. The molecule has 1 aromatic rings. The molecule has 4 heteroatoms. The first-order valence-corrected chi connectivity index (χ1v) is 7.29. The van der Waals surface area contributed by atoms with E-state index in [4.69, 9.17) is 5.11 Å². The summed E-state index contributed by atoms with van der Waals surface area (Å²) in [5, 5.41) is 9.13. The molecule has 0 aliphatic heterocycles. The number of hydrogen-bond donors (Lipinski definition) is 1. The molecule has 1 N–H and O–H groups in total. The third kappa shape index (κ3) is 4.62. The predicted octanol–water partition coefficient (Wildman–Crippen LogP) is 4.09. The van der Waals surface area contributed by atoms with Crippen LogP contribution in [0.15, 0.2) is 28.7 Å². The van der Waals surface area contributed by atoms with Gasteiger partial charge in [0, 0.05) is 16.1 Å². The Morgan fingerprint density at radius 3 is 2.21 bits per heavy atom. The first kappa shape index (κ1) is 16.2. The first-order valence-electron chi connectivity index (χ1n) is 6.49. The zero-order valence-corrected chi connectivity index (χ0v) is 13.6. The molecule has 1 atom stereocenters. The van der Waals surface area contributed by atoms with E-state index in [1.807, 2.05) is 17.0 Å². The maximum absolute atomic E-state index is 11.1. The fourth-order valence-electron chi connectivity index (χ4n) is 2.28. The van der Waals surface area contributed by atoms with Crippen molar-refractivity contribution in [2.45, 2.75) is 45.7 Å². The summed E-state index contributed by atoms with van der Waals surface area (Å²) < 4.78 is 1.03. The fraction of sp³-hybridized carbons (Fsp3) is 0.533. The highest BCUT2D eigenvalue weighted by atomic mass is 79.9. The molecule has 106 valence electrons. The van der Waals surface area contributed by atoms with E-state index in [0.717, 1.165) is 16.5 Å². The molecule has 0 aromatic heterocycles. The quantitative estimate of drug-likeness (QED) is 0.885. The highest BCUT2D eigenvalue weighted by Crippen LogP contribution is 2.31. The number of hydrogen-bond acceptors (Lipinski definition) is 2. The molecule has 1 unspecified atom stereocenters. The van der Waals surface area contributed by atoms with Gasteiger partial charge in [-0.3, -0.25) is 9.69 Å². The van der Waals surface area contributed by atoms with Gasteiger partial charge in [-0.2, -0.15) is 0 Å². The third-order valence-corrected chi connectivity index (χ3v) is 3.71. The van der Waals surface area contributed by atoms with Crippen molar-refractivity contribution >= 4 is 21.9 Å². The van der Waals surface area contributed by atoms with Gasteiger partial charge in [-0.25, -0.2) is 0 Å². The number of benzene rings is 1. The van der Waals surface area contributed by atoms with Gasteiger partial charge in [-0.1, -0.05) is 35.0 Å². The molecule has 0 amide bonds. The van der Waals surface area contributed by atoms with Crippen LogP contribution in [0, 0.1) is 0 Å². The normalized spacial score (nSPS) is 13.6. The Kier molecular flexibility index (Phi) is 5.56. The molecular weight excluding hydrogens is 306 g/mol. The molecule has 1 rings (SSSR count).